The van der Waals surface area contributed by atoms with Gasteiger partial charge in [-0.3, -0.25) is 0 Å². The number of halogens is 3. The molecule has 26 heavy (non-hydrogen) atoms. The molecule has 10 heteroatoms. The Morgan fingerprint density at radius 3 is 2.42 bits per heavy atom. The van der Waals surface area contributed by atoms with Gasteiger partial charge >= 0.3 is 6.09 Å². The molecule has 1 heterocycles. The molecule has 0 radical (unpaired) electrons. The van der Waals surface area contributed by atoms with Crippen LogP contribution in [-0.4, -0.2) is 23.6 Å². The molecule has 0 fully saturated rings. The molecular weight excluding hydrogens is 434 g/mol. The lowest BCUT2D eigenvalue weighted by molar-refractivity contribution is 0.193. The molecular formula is C16H11BrF2N2O4S. The summed E-state index contributed by atoms with van der Waals surface area (Å²) in [6.07, 6.45) is -1.38. The van der Waals surface area contributed by atoms with Crippen molar-refractivity contribution in [2.75, 3.05) is 0 Å². The highest BCUT2D eigenvalue weighted by Crippen LogP contribution is 2.32. The van der Waals surface area contributed by atoms with Crippen LogP contribution in [0.25, 0.3) is 10.9 Å². The monoisotopic (exact) mass is 444 g/mol. The van der Waals surface area contributed by atoms with Gasteiger partial charge in [-0.1, -0.05) is 18.2 Å². The summed E-state index contributed by atoms with van der Waals surface area (Å²) in [6, 6.07) is 9.61. The Morgan fingerprint density at radius 2 is 1.81 bits per heavy atom. The molecule has 2 N–H and O–H groups in total. The van der Waals surface area contributed by atoms with Crippen molar-refractivity contribution < 1.29 is 27.1 Å². The van der Waals surface area contributed by atoms with Crippen molar-refractivity contribution in [3.63, 3.8) is 0 Å². The van der Waals surface area contributed by atoms with Gasteiger partial charge in [0.2, 0.25) is 0 Å². The maximum atomic E-state index is 14.3. The fourth-order valence-electron chi connectivity index (χ4n) is 2.55. The van der Waals surface area contributed by atoms with Crippen LogP contribution in [0.3, 0.4) is 0 Å². The first-order valence-electron chi connectivity index (χ1n) is 7.18. The normalized spacial score (nSPS) is 11.7. The molecule has 0 aliphatic carbocycles. The van der Waals surface area contributed by atoms with E-state index in [0.29, 0.717) is 0 Å². The maximum Gasteiger partial charge on any atom is 0.404 e. The molecule has 0 aliphatic rings. The molecule has 0 spiro atoms. The van der Waals surface area contributed by atoms with E-state index >= 15 is 0 Å². The molecule has 1 aromatic heterocycles. The predicted octanol–water partition coefficient (Wildman–Crippen LogP) is 3.69. The molecule has 6 nitrogen and oxygen atoms in total. The molecule has 0 bridgehead atoms. The number of carboxylic acid groups (broad SMARTS) is 1. The standard InChI is InChI=1S/C16H11BrF2N2O4S/c17-12-7-13-11(14(18)15(12)19)6-9(8-20-16(22)23)21(13)26(24,25)10-4-2-1-3-5-10/h1-7,20H,8H2,(H,22,23). The highest BCUT2D eigenvalue weighted by molar-refractivity contribution is 9.10. The van der Waals surface area contributed by atoms with Crippen molar-refractivity contribution in [1.82, 2.24) is 9.29 Å². The van der Waals surface area contributed by atoms with Crippen molar-refractivity contribution >= 4 is 42.9 Å². The van der Waals surface area contributed by atoms with E-state index in [1.54, 1.807) is 6.07 Å². The highest BCUT2D eigenvalue weighted by atomic mass is 79.9. The molecule has 0 saturated heterocycles. The van der Waals surface area contributed by atoms with Crippen molar-refractivity contribution in [3.05, 3.63) is 64.3 Å². The van der Waals surface area contributed by atoms with E-state index in [0.717, 1.165) is 16.1 Å². The second kappa shape index (κ2) is 6.69. The van der Waals surface area contributed by atoms with Crippen LogP contribution in [0.4, 0.5) is 13.6 Å². The van der Waals surface area contributed by atoms with Crippen molar-refractivity contribution in [3.8, 4) is 0 Å². The van der Waals surface area contributed by atoms with Gasteiger partial charge < -0.3 is 10.4 Å². The quantitative estimate of drug-likeness (QED) is 0.600. The first kappa shape index (κ1) is 18.3. The van der Waals surface area contributed by atoms with E-state index in [1.807, 2.05) is 5.32 Å². The van der Waals surface area contributed by atoms with E-state index in [1.165, 1.54) is 24.3 Å². The Bertz CT molecular complexity index is 1110. The fraction of sp³-hybridized carbons (Fsp3) is 0.0625. The van der Waals surface area contributed by atoms with Crippen LogP contribution >= 0.6 is 15.9 Å². The lowest BCUT2D eigenvalue weighted by atomic mass is 10.2. The van der Waals surface area contributed by atoms with Gasteiger partial charge in [0.15, 0.2) is 11.6 Å². The van der Waals surface area contributed by atoms with Crippen LogP contribution in [0, 0.1) is 11.6 Å². The van der Waals surface area contributed by atoms with Crippen LogP contribution < -0.4 is 5.32 Å². The van der Waals surface area contributed by atoms with Crippen molar-refractivity contribution in [1.29, 1.82) is 0 Å². The zero-order valence-corrected chi connectivity index (χ0v) is 15.3. The second-order valence-corrected chi connectivity index (χ2v) is 7.94. The van der Waals surface area contributed by atoms with Crippen LogP contribution in [0.5, 0.6) is 0 Å². The smallest absolute Gasteiger partial charge is 0.404 e. The average Bonchev–Trinajstić information content (AvgIpc) is 2.98. The molecule has 0 aliphatic heterocycles. The molecule has 1 amide bonds. The summed E-state index contributed by atoms with van der Waals surface area (Å²) in [6.45, 7) is -0.408. The number of hydrogen-bond acceptors (Lipinski definition) is 3. The maximum absolute atomic E-state index is 14.3. The number of rotatable bonds is 4. The summed E-state index contributed by atoms with van der Waals surface area (Å²) >= 11 is 2.86. The molecule has 0 saturated carbocycles. The molecule has 2 aromatic carbocycles. The summed E-state index contributed by atoms with van der Waals surface area (Å²) < 4.78 is 54.8. The summed E-state index contributed by atoms with van der Waals surface area (Å²) in [5.74, 6) is -2.39. The highest BCUT2D eigenvalue weighted by Gasteiger charge is 2.26. The number of carbonyl (C=O) groups is 1. The topological polar surface area (TPSA) is 88.4 Å². The number of hydrogen-bond donors (Lipinski definition) is 2. The van der Waals surface area contributed by atoms with E-state index < -0.39 is 34.3 Å². The molecule has 136 valence electrons. The first-order chi connectivity index (χ1) is 12.2. The largest absolute Gasteiger partial charge is 0.465 e. The Labute approximate surface area is 155 Å². The van der Waals surface area contributed by atoms with Gasteiger partial charge in [0.25, 0.3) is 10.0 Å². The molecule has 3 aromatic rings. The van der Waals surface area contributed by atoms with Crippen LogP contribution in [0.2, 0.25) is 0 Å². The summed E-state index contributed by atoms with van der Waals surface area (Å²) in [5.41, 5.74) is -0.163. The Balaban J connectivity index is 2.34. The van der Waals surface area contributed by atoms with E-state index in [-0.39, 0.29) is 26.0 Å². The zero-order chi connectivity index (χ0) is 19.1. The minimum Gasteiger partial charge on any atom is -0.465 e. The zero-order valence-electron chi connectivity index (χ0n) is 12.9. The van der Waals surface area contributed by atoms with Gasteiger partial charge in [0, 0.05) is 5.39 Å². The number of aromatic nitrogens is 1. The number of nitrogens with zero attached hydrogens (tertiary/aromatic N) is 1. The SMILES string of the molecule is O=C(O)NCc1cc2c(F)c(F)c(Br)cc2n1S(=O)(=O)c1ccccc1. The van der Waals surface area contributed by atoms with Gasteiger partial charge in [-0.2, -0.15) is 0 Å². The number of fused-ring (bicyclic) bond motifs is 1. The summed E-state index contributed by atoms with van der Waals surface area (Å²) in [5, 5.41) is 10.6. The number of benzene rings is 2. The predicted molar refractivity (Wildman–Crippen MR) is 93.4 cm³/mol. The first-order valence-corrected chi connectivity index (χ1v) is 9.42. The lowest BCUT2D eigenvalue weighted by Gasteiger charge is -2.12. The third-order valence-corrected chi connectivity index (χ3v) is 6.03. The van der Waals surface area contributed by atoms with E-state index in [9.17, 15) is 22.0 Å². The third kappa shape index (κ3) is 3.06. The van der Waals surface area contributed by atoms with Crippen LogP contribution in [-0.2, 0) is 16.6 Å². The van der Waals surface area contributed by atoms with E-state index in [2.05, 4.69) is 15.9 Å². The van der Waals surface area contributed by atoms with Crippen LogP contribution in [0.1, 0.15) is 5.69 Å². The minimum absolute atomic E-state index is 0.0531. The summed E-state index contributed by atoms with van der Waals surface area (Å²) in [4.78, 5) is 10.7. The van der Waals surface area contributed by atoms with Crippen LogP contribution in [0.15, 0.2) is 51.8 Å². The molecule has 3 rings (SSSR count). The Morgan fingerprint density at radius 1 is 1.15 bits per heavy atom. The fourth-order valence-corrected chi connectivity index (χ4v) is 4.49. The van der Waals surface area contributed by atoms with Gasteiger partial charge in [0.1, 0.15) is 0 Å². The van der Waals surface area contributed by atoms with Crippen molar-refractivity contribution in [2.24, 2.45) is 0 Å². The number of amides is 1. The van der Waals surface area contributed by atoms with Gasteiger partial charge in [-0.15, -0.1) is 0 Å². The Kier molecular flexibility index (Phi) is 4.72. The molecule has 0 unspecified atom stereocenters. The summed E-state index contributed by atoms with van der Waals surface area (Å²) in [7, 11) is -4.17. The van der Waals surface area contributed by atoms with Gasteiger partial charge in [-0.25, -0.2) is 26.0 Å². The van der Waals surface area contributed by atoms with Gasteiger partial charge in [-0.05, 0) is 40.2 Å². The minimum atomic E-state index is -4.17. The number of nitrogens with one attached hydrogen (secondary N) is 1. The van der Waals surface area contributed by atoms with E-state index in [4.69, 9.17) is 5.11 Å². The molecule has 0 atom stereocenters. The Hall–Kier alpha value is -2.46. The average molecular weight is 445 g/mol. The third-order valence-electron chi connectivity index (χ3n) is 3.67. The second-order valence-electron chi connectivity index (χ2n) is 5.30. The lowest BCUT2D eigenvalue weighted by Crippen LogP contribution is -2.24. The van der Waals surface area contributed by atoms with Gasteiger partial charge in [0.05, 0.1) is 27.1 Å². The van der Waals surface area contributed by atoms with Crippen molar-refractivity contribution in [2.45, 2.75) is 11.4 Å².